The van der Waals surface area contributed by atoms with Crippen LogP contribution in [-0.2, 0) is 4.79 Å². The molecule has 2 aliphatic rings. The molecule has 2 heteroatoms. The van der Waals surface area contributed by atoms with Gasteiger partial charge in [0.15, 0.2) is 0 Å². The van der Waals surface area contributed by atoms with E-state index in [4.69, 9.17) is 5.11 Å². The van der Waals surface area contributed by atoms with Gasteiger partial charge in [0.1, 0.15) is 0 Å². The van der Waals surface area contributed by atoms with Crippen molar-refractivity contribution >= 4 is 5.97 Å². The molecule has 2 rings (SSSR count). The van der Waals surface area contributed by atoms with Crippen LogP contribution in [0.1, 0.15) is 32.6 Å². The fourth-order valence-electron chi connectivity index (χ4n) is 1.93. The van der Waals surface area contributed by atoms with Crippen molar-refractivity contribution < 1.29 is 9.90 Å². The number of aliphatic carboxylic acids is 1. The van der Waals surface area contributed by atoms with E-state index in [0.717, 1.165) is 0 Å². The van der Waals surface area contributed by atoms with Crippen molar-refractivity contribution in [3.63, 3.8) is 0 Å². The molecule has 1 unspecified atom stereocenters. The highest BCUT2D eigenvalue weighted by molar-refractivity contribution is 5.86. The number of hydrogen-bond acceptors (Lipinski definition) is 1. The van der Waals surface area contributed by atoms with Crippen molar-refractivity contribution in [3.05, 3.63) is 11.6 Å². The topological polar surface area (TPSA) is 37.3 Å². The van der Waals surface area contributed by atoms with Crippen LogP contribution in [0.3, 0.4) is 0 Å². The Bertz CT molecular complexity index is 249. The first-order valence-electron chi connectivity index (χ1n) is 4.62. The van der Waals surface area contributed by atoms with E-state index in [1.165, 1.54) is 19.3 Å². The molecule has 12 heavy (non-hydrogen) atoms. The average molecular weight is 166 g/mol. The van der Waals surface area contributed by atoms with Gasteiger partial charge < -0.3 is 5.11 Å². The molecular formula is C10H14O2. The van der Waals surface area contributed by atoms with Gasteiger partial charge in [-0.15, -0.1) is 0 Å². The van der Waals surface area contributed by atoms with Gasteiger partial charge in [-0.05, 0) is 37.0 Å². The molecule has 0 amide bonds. The quantitative estimate of drug-likeness (QED) is 0.652. The number of allylic oxidation sites excluding steroid dienone is 1. The number of carboxylic acid groups (broad SMARTS) is 1. The maximum absolute atomic E-state index is 10.7. The zero-order valence-corrected chi connectivity index (χ0v) is 7.34. The lowest BCUT2D eigenvalue weighted by Crippen LogP contribution is -1.99. The molecule has 0 heterocycles. The summed E-state index contributed by atoms with van der Waals surface area (Å²) in [6, 6.07) is 0. The highest BCUT2D eigenvalue weighted by Gasteiger charge is 2.61. The molecule has 2 aliphatic carbocycles. The summed E-state index contributed by atoms with van der Waals surface area (Å²) in [5.41, 5.74) is 1.19. The van der Waals surface area contributed by atoms with Crippen LogP contribution in [0, 0.1) is 11.3 Å². The second-order valence-corrected chi connectivity index (χ2v) is 4.02. The van der Waals surface area contributed by atoms with Crippen LogP contribution in [0.5, 0.6) is 0 Å². The fraction of sp³-hybridized carbons (Fsp3) is 0.700. The summed E-state index contributed by atoms with van der Waals surface area (Å²) in [7, 11) is 0. The lowest BCUT2D eigenvalue weighted by atomic mass is 10.1. The summed E-state index contributed by atoms with van der Waals surface area (Å²) < 4.78 is 0. The Morgan fingerprint density at radius 1 is 1.67 bits per heavy atom. The molecule has 0 radical (unpaired) electrons. The summed E-state index contributed by atoms with van der Waals surface area (Å²) >= 11 is 0. The van der Waals surface area contributed by atoms with Crippen LogP contribution in [0.15, 0.2) is 11.6 Å². The van der Waals surface area contributed by atoms with Gasteiger partial charge in [0, 0.05) is 5.57 Å². The van der Waals surface area contributed by atoms with E-state index in [9.17, 15) is 4.79 Å². The predicted molar refractivity (Wildman–Crippen MR) is 45.8 cm³/mol. The Labute approximate surface area is 72.3 Å². The number of carbonyl (C=O) groups is 1. The van der Waals surface area contributed by atoms with Crippen molar-refractivity contribution in [3.8, 4) is 0 Å². The molecule has 66 valence electrons. The predicted octanol–water partition coefficient (Wildman–Crippen LogP) is 2.21. The van der Waals surface area contributed by atoms with Gasteiger partial charge in [-0.2, -0.15) is 0 Å². The molecule has 2 saturated carbocycles. The third kappa shape index (κ3) is 1.15. The molecule has 0 aromatic rings. The first-order chi connectivity index (χ1) is 5.68. The van der Waals surface area contributed by atoms with Crippen molar-refractivity contribution in [2.45, 2.75) is 32.6 Å². The summed E-state index contributed by atoms with van der Waals surface area (Å²) in [4.78, 5) is 10.7. The van der Waals surface area contributed by atoms with Gasteiger partial charge in [-0.1, -0.05) is 13.0 Å². The summed E-state index contributed by atoms with van der Waals surface area (Å²) in [6.07, 6.45) is 6.52. The zero-order chi connectivity index (χ0) is 8.77. The van der Waals surface area contributed by atoms with E-state index in [2.05, 4.69) is 0 Å². The van der Waals surface area contributed by atoms with Crippen LogP contribution >= 0.6 is 0 Å². The van der Waals surface area contributed by atoms with Crippen molar-refractivity contribution in [2.75, 3.05) is 0 Å². The highest BCUT2D eigenvalue weighted by atomic mass is 16.4. The van der Waals surface area contributed by atoms with Crippen LogP contribution < -0.4 is 0 Å². The monoisotopic (exact) mass is 166 g/mol. The summed E-state index contributed by atoms with van der Waals surface area (Å²) in [5, 5.41) is 8.77. The molecule has 1 spiro atoms. The molecule has 0 aromatic heterocycles. The minimum atomic E-state index is -0.736. The van der Waals surface area contributed by atoms with Gasteiger partial charge in [-0.3, -0.25) is 0 Å². The molecule has 0 saturated heterocycles. The Morgan fingerprint density at radius 2 is 2.33 bits per heavy atom. The first kappa shape index (κ1) is 7.84. The van der Waals surface area contributed by atoms with Crippen molar-refractivity contribution in [2.24, 2.45) is 11.3 Å². The SMILES string of the molecule is CC/C(=C\C1CC12CC2)C(=O)O. The Balaban J connectivity index is 2.01. The van der Waals surface area contributed by atoms with E-state index in [-0.39, 0.29) is 0 Å². The maximum Gasteiger partial charge on any atom is 0.331 e. The maximum atomic E-state index is 10.7. The van der Waals surface area contributed by atoms with E-state index in [0.29, 0.717) is 23.3 Å². The van der Waals surface area contributed by atoms with Gasteiger partial charge in [-0.25, -0.2) is 4.79 Å². The van der Waals surface area contributed by atoms with Crippen molar-refractivity contribution in [1.29, 1.82) is 0 Å². The summed E-state index contributed by atoms with van der Waals surface area (Å²) in [6.45, 7) is 1.90. The molecule has 2 nitrogen and oxygen atoms in total. The lowest BCUT2D eigenvalue weighted by molar-refractivity contribution is -0.132. The van der Waals surface area contributed by atoms with E-state index < -0.39 is 5.97 Å². The van der Waals surface area contributed by atoms with Gasteiger partial charge in [0.2, 0.25) is 0 Å². The number of carboxylic acids is 1. The van der Waals surface area contributed by atoms with Crippen LogP contribution in [-0.4, -0.2) is 11.1 Å². The molecule has 0 aromatic carbocycles. The average Bonchev–Trinajstić information content (AvgIpc) is 2.89. The first-order valence-corrected chi connectivity index (χ1v) is 4.62. The standard InChI is InChI=1S/C10H14O2/c1-2-7(9(11)12)5-8-6-10(8)3-4-10/h5,8H,2-4,6H2,1H3,(H,11,12)/b7-5+. The molecule has 1 N–H and O–H groups in total. The largest absolute Gasteiger partial charge is 0.478 e. The Morgan fingerprint density at radius 3 is 2.67 bits per heavy atom. The lowest BCUT2D eigenvalue weighted by Gasteiger charge is -1.95. The Hall–Kier alpha value is -0.790. The fourth-order valence-corrected chi connectivity index (χ4v) is 1.93. The number of rotatable bonds is 3. The summed E-state index contributed by atoms with van der Waals surface area (Å²) in [5.74, 6) is -0.135. The molecular weight excluding hydrogens is 152 g/mol. The van der Waals surface area contributed by atoms with Gasteiger partial charge in [0.05, 0.1) is 0 Å². The van der Waals surface area contributed by atoms with Gasteiger partial charge in [0.25, 0.3) is 0 Å². The number of hydrogen-bond donors (Lipinski definition) is 1. The van der Waals surface area contributed by atoms with Crippen LogP contribution in [0.25, 0.3) is 0 Å². The normalized spacial score (nSPS) is 30.4. The molecule has 0 aliphatic heterocycles. The molecule has 1 atom stereocenters. The minimum Gasteiger partial charge on any atom is -0.478 e. The third-order valence-electron chi connectivity index (χ3n) is 3.20. The Kier molecular flexibility index (Phi) is 1.53. The van der Waals surface area contributed by atoms with Crippen molar-refractivity contribution in [1.82, 2.24) is 0 Å². The second-order valence-electron chi connectivity index (χ2n) is 4.02. The van der Waals surface area contributed by atoms with Crippen LogP contribution in [0.4, 0.5) is 0 Å². The third-order valence-corrected chi connectivity index (χ3v) is 3.20. The second kappa shape index (κ2) is 2.35. The zero-order valence-electron chi connectivity index (χ0n) is 7.34. The molecule has 0 bridgehead atoms. The smallest absolute Gasteiger partial charge is 0.331 e. The highest BCUT2D eigenvalue weighted by Crippen LogP contribution is 2.71. The molecule has 2 fully saturated rings. The van der Waals surface area contributed by atoms with E-state index in [1.54, 1.807) is 0 Å². The van der Waals surface area contributed by atoms with Crippen LogP contribution in [0.2, 0.25) is 0 Å². The van der Waals surface area contributed by atoms with E-state index >= 15 is 0 Å². The minimum absolute atomic E-state index is 0.593. The van der Waals surface area contributed by atoms with Gasteiger partial charge >= 0.3 is 5.97 Å². The van der Waals surface area contributed by atoms with E-state index in [1.807, 2.05) is 13.0 Å².